The number of aryl methyl sites for hydroxylation is 2. The van der Waals surface area contributed by atoms with E-state index < -0.39 is 0 Å². The van der Waals surface area contributed by atoms with E-state index in [1.54, 1.807) is 10.9 Å². The van der Waals surface area contributed by atoms with E-state index in [1.807, 2.05) is 53.6 Å². The minimum absolute atomic E-state index is 0.00786. The highest BCUT2D eigenvalue weighted by Crippen LogP contribution is 2.35. The standard InChI is InChI=1S/C45H56N18O6/c46-42-40-41(32-6-7-38-36(21-32)54-44(47)69-38)57-63(43(40)52-29-51-42)10-2-1-9-48-39(65)8-14-66-16-18-68-19-17-67-15-13-62-26-34(55-59-62)25-60-11-12-61(27-35(60)28-64)45-49-22-33(23-50-45)30-4-3-5-31(20-30)37-24-53-58-56-37/h3-5,20-24,26,29,35,64H,1-2,6-19,25,27-28H2,(H2,47,54)(H,48,65)(H2,46,51,52)(H,53,56,58). The van der Waals surface area contributed by atoms with Crippen molar-refractivity contribution in [3.8, 4) is 22.4 Å². The maximum atomic E-state index is 12.4. The van der Waals surface area contributed by atoms with Gasteiger partial charge in [-0.05, 0) is 42.5 Å². The topological polar surface area (TPSA) is 303 Å². The molecule has 1 atom stereocenters. The molecular weight excluding hydrogens is 889 g/mol. The molecule has 1 unspecified atom stereocenters. The minimum Gasteiger partial charge on any atom is -0.428 e. The molecule has 2 aliphatic rings. The SMILES string of the molecule is Nc1nc2c(o1)CCC(c1nn(CCCCNC(=O)CCOCCOCCOCCn3cc(CN4CCN(c5ncc(-c6cccc(-c7cn[nH]n7)c6)cn5)CC4CO)nn3)c3ncnc(N)c13)=C2. The summed E-state index contributed by atoms with van der Waals surface area (Å²) in [6.45, 7) is 6.61. The Kier molecular flexibility index (Phi) is 15.4. The summed E-state index contributed by atoms with van der Waals surface area (Å²) < 4.78 is 26.1. The number of fused-ring (bicyclic) bond motifs is 2. The highest BCUT2D eigenvalue weighted by Gasteiger charge is 2.29. The molecule has 6 aromatic heterocycles. The number of aromatic amines is 1. The van der Waals surface area contributed by atoms with Gasteiger partial charge in [0, 0.05) is 81.8 Å². The molecule has 362 valence electrons. The number of nitrogen functional groups attached to an aromatic ring is 2. The summed E-state index contributed by atoms with van der Waals surface area (Å²) in [4.78, 5) is 39.0. The number of aliphatic hydroxyl groups is 1. The summed E-state index contributed by atoms with van der Waals surface area (Å²) in [5.74, 6) is 1.68. The number of unbranched alkanes of at least 4 members (excludes halogenated alkanes) is 1. The molecule has 24 heteroatoms. The first-order valence-electron chi connectivity index (χ1n) is 23.1. The normalized spacial score (nSPS) is 15.2. The van der Waals surface area contributed by atoms with Crippen molar-refractivity contribution in [3.05, 3.63) is 78.2 Å². The van der Waals surface area contributed by atoms with Crippen LogP contribution in [-0.2, 0) is 45.1 Å². The zero-order chi connectivity index (χ0) is 47.4. The number of ether oxygens (including phenoxy) is 3. The molecule has 7 aromatic rings. The van der Waals surface area contributed by atoms with Crippen molar-refractivity contribution in [1.82, 2.24) is 75.3 Å². The molecule has 1 fully saturated rings. The van der Waals surface area contributed by atoms with Gasteiger partial charge < -0.3 is 45.4 Å². The highest BCUT2D eigenvalue weighted by atomic mass is 16.5. The number of piperazine rings is 1. The number of benzene rings is 1. The molecule has 9 rings (SSSR count). The fourth-order valence-electron chi connectivity index (χ4n) is 8.34. The van der Waals surface area contributed by atoms with E-state index in [0.29, 0.717) is 127 Å². The van der Waals surface area contributed by atoms with Gasteiger partial charge in [0.25, 0.3) is 6.01 Å². The van der Waals surface area contributed by atoms with E-state index in [4.69, 9.17) is 35.2 Å². The van der Waals surface area contributed by atoms with Crippen LogP contribution in [0, 0.1) is 0 Å². The molecule has 7 heterocycles. The fraction of sp³-hybridized carbons (Fsp3) is 0.444. The molecule has 1 aliphatic carbocycles. The first-order chi connectivity index (χ1) is 33.9. The molecule has 0 bridgehead atoms. The number of nitrogens with two attached hydrogens (primary N) is 2. The molecule has 0 saturated carbocycles. The lowest BCUT2D eigenvalue weighted by Gasteiger charge is -2.40. The average molecular weight is 945 g/mol. The van der Waals surface area contributed by atoms with E-state index >= 15 is 0 Å². The number of carbonyl (C=O) groups excluding carboxylic acids is 1. The van der Waals surface area contributed by atoms with Crippen LogP contribution >= 0.6 is 0 Å². The zero-order valence-corrected chi connectivity index (χ0v) is 38.2. The van der Waals surface area contributed by atoms with Crippen LogP contribution in [0.4, 0.5) is 17.8 Å². The van der Waals surface area contributed by atoms with Gasteiger partial charge in [0.05, 0.1) is 76.1 Å². The summed E-state index contributed by atoms with van der Waals surface area (Å²) in [5, 5.41) is 38.2. The number of H-pyrrole nitrogens is 1. The van der Waals surface area contributed by atoms with E-state index in [1.165, 1.54) is 6.33 Å². The summed E-state index contributed by atoms with van der Waals surface area (Å²) >= 11 is 0. The van der Waals surface area contributed by atoms with Gasteiger partial charge in [-0.2, -0.15) is 25.5 Å². The van der Waals surface area contributed by atoms with E-state index in [9.17, 15) is 9.90 Å². The maximum absolute atomic E-state index is 12.4. The van der Waals surface area contributed by atoms with Crippen LogP contribution in [0.5, 0.6) is 0 Å². The second kappa shape index (κ2) is 22.7. The second-order valence-corrected chi connectivity index (χ2v) is 16.6. The first-order valence-corrected chi connectivity index (χ1v) is 23.1. The van der Waals surface area contributed by atoms with Crippen molar-refractivity contribution >= 4 is 46.4 Å². The number of aliphatic hydroxyl groups excluding tert-OH is 1. The van der Waals surface area contributed by atoms with Crippen LogP contribution in [0.15, 0.2) is 59.8 Å². The van der Waals surface area contributed by atoms with Crippen LogP contribution in [0.1, 0.15) is 48.5 Å². The first kappa shape index (κ1) is 46.8. The van der Waals surface area contributed by atoms with Crippen molar-refractivity contribution in [2.45, 2.75) is 57.8 Å². The number of oxazole rings is 1. The van der Waals surface area contributed by atoms with Crippen LogP contribution in [0.3, 0.4) is 0 Å². The van der Waals surface area contributed by atoms with Crippen LogP contribution in [0.25, 0.3) is 45.1 Å². The van der Waals surface area contributed by atoms with Crippen molar-refractivity contribution in [2.24, 2.45) is 0 Å². The van der Waals surface area contributed by atoms with Crippen molar-refractivity contribution in [2.75, 3.05) is 88.8 Å². The third kappa shape index (κ3) is 11.9. The molecule has 7 N–H and O–H groups in total. The van der Waals surface area contributed by atoms with Crippen molar-refractivity contribution < 1.29 is 28.5 Å². The Morgan fingerprint density at radius 2 is 1.75 bits per heavy atom. The predicted octanol–water partition coefficient (Wildman–Crippen LogP) is 2.02. The van der Waals surface area contributed by atoms with Gasteiger partial charge in [-0.1, -0.05) is 23.4 Å². The Hall–Kier alpha value is -7.25. The van der Waals surface area contributed by atoms with Gasteiger partial charge >= 0.3 is 0 Å². The number of nitrogens with one attached hydrogen (secondary N) is 2. The van der Waals surface area contributed by atoms with Gasteiger partial charge in [0.15, 0.2) is 5.65 Å². The lowest BCUT2D eigenvalue weighted by molar-refractivity contribution is -0.122. The van der Waals surface area contributed by atoms with Gasteiger partial charge in [-0.25, -0.2) is 29.3 Å². The Labute approximate surface area is 396 Å². The summed E-state index contributed by atoms with van der Waals surface area (Å²) in [6.07, 6.45) is 13.8. The lowest BCUT2D eigenvalue weighted by Crippen LogP contribution is -2.54. The van der Waals surface area contributed by atoms with Crippen molar-refractivity contribution in [1.29, 1.82) is 0 Å². The average Bonchev–Trinajstić information content (AvgIpc) is 4.21. The minimum atomic E-state index is -0.116. The molecule has 1 amide bonds. The number of allylic oxidation sites excluding steroid dienone is 1. The summed E-state index contributed by atoms with van der Waals surface area (Å²) in [6, 6.07) is 8.03. The molecule has 0 spiro atoms. The van der Waals surface area contributed by atoms with Gasteiger partial charge in [-0.15, -0.1) is 5.10 Å². The Morgan fingerprint density at radius 1 is 0.928 bits per heavy atom. The number of amides is 1. The smallest absolute Gasteiger partial charge is 0.292 e. The van der Waals surface area contributed by atoms with E-state index in [2.05, 4.69) is 65.8 Å². The maximum Gasteiger partial charge on any atom is 0.292 e. The molecule has 69 heavy (non-hydrogen) atoms. The van der Waals surface area contributed by atoms with Gasteiger partial charge in [0.2, 0.25) is 11.9 Å². The largest absolute Gasteiger partial charge is 0.428 e. The van der Waals surface area contributed by atoms with Crippen LogP contribution in [0.2, 0.25) is 0 Å². The monoisotopic (exact) mass is 944 g/mol. The number of carbonyl (C=O) groups is 1. The molecule has 24 nitrogen and oxygen atoms in total. The predicted molar refractivity (Wildman–Crippen MR) is 253 cm³/mol. The molecule has 1 aromatic carbocycles. The number of hydrogen-bond acceptors (Lipinski definition) is 20. The zero-order valence-electron chi connectivity index (χ0n) is 38.2. The molecule has 1 saturated heterocycles. The Balaban J connectivity index is 0.595. The third-order valence-corrected chi connectivity index (χ3v) is 11.9. The number of rotatable bonds is 24. The van der Waals surface area contributed by atoms with E-state index in [-0.39, 0.29) is 31.0 Å². The Morgan fingerprint density at radius 3 is 2.58 bits per heavy atom. The third-order valence-electron chi connectivity index (χ3n) is 11.9. The molecule has 1 aliphatic heterocycles. The molecular formula is C45H56N18O6. The number of aromatic nitrogens is 13. The second-order valence-electron chi connectivity index (χ2n) is 16.6. The number of anilines is 3. The number of hydrogen-bond donors (Lipinski definition) is 5. The van der Waals surface area contributed by atoms with Gasteiger partial charge in [0.1, 0.15) is 35.0 Å². The number of nitrogens with zero attached hydrogens (tertiary/aromatic N) is 14. The van der Waals surface area contributed by atoms with E-state index in [0.717, 1.165) is 57.9 Å². The fourth-order valence-corrected chi connectivity index (χ4v) is 8.34. The van der Waals surface area contributed by atoms with Crippen LogP contribution < -0.4 is 21.7 Å². The summed E-state index contributed by atoms with van der Waals surface area (Å²) in [7, 11) is 0. The quantitative estimate of drug-likeness (QED) is 0.0541. The summed E-state index contributed by atoms with van der Waals surface area (Å²) in [5.41, 5.74) is 19.5. The van der Waals surface area contributed by atoms with Gasteiger partial charge in [-0.3, -0.25) is 9.69 Å². The van der Waals surface area contributed by atoms with Crippen molar-refractivity contribution in [3.63, 3.8) is 0 Å². The molecule has 0 radical (unpaired) electrons. The highest BCUT2D eigenvalue weighted by molar-refractivity contribution is 5.99. The Bertz CT molecular complexity index is 2790. The van der Waals surface area contributed by atoms with Crippen LogP contribution in [-0.4, -0.2) is 159 Å². The lowest BCUT2D eigenvalue weighted by atomic mass is 9.97.